The molecule has 0 aliphatic carbocycles. The first-order valence-corrected chi connectivity index (χ1v) is 15.4. The second-order valence-electron chi connectivity index (χ2n) is 11.4. The molecule has 45 heavy (non-hydrogen) atoms. The number of hydrogen-bond donors (Lipinski definition) is 0. The van der Waals surface area contributed by atoms with Crippen LogP contribution in [0.5, 0.6) is 0 Å². The highest BCUT2D eigenvalue weighted by molar-refractivity contribution is 6.15. The molecule has 0 saturated carbocycles. The Morgan fingerprint density at radius 3 is 1.64 bits per heavy atom. The van der Waals surface area contributed by atoms with E-state index in [1.807, 2.05) is 6.08 Å². The van der Waals surface area contributed by atoms with Gasteiger partial charge in [0, 0.05) is 33.1 Å². The van der Waals surface area contributed by atoms with Gasteiger partial charge < -0.3 is 9.13 Å². The Morgan fingerprint density at radius 1 is 0.467 bits per heavy atom. The molecule has 0 radical (unpaired) electrons. The van der Waals surface area contributed by atoms with Crippen molar-refractivity contribution in [2.24, 2.45) is 0 Å². The van der Waals surface area contributed by atoms with Gasteiger partial charge in [-0.15, -0.1) is 0 Å². The molecule has 0 N–H and O–H groups in total. The van der Waals surface area contributed by atoms with Crippen molar-refractivity contribution in [2.75, 3.05) is 0 Å². The first kappa shape index (κ1) is 26.7. The maximum atomic E-state index is 4.28. The van der Waals surface area contributed by atoms with Crippen molar-refractivity contribution in [3.05, 3.63) is 170 Å². The predicted octanol–water partition coefficient (Wildman–Crippen LogP) is 11.7. The molecule has 2 heterocycles. The Bertz CT molecular complexity index is 2380. The van der Waals surface area contributed by atoms with Crippen molar-refractivity contribution in [3.8, 4) is 33.6 Å². The fourth-order valence-corrected chi connectivity index (χ4v) is 6.80. The highest BCUT2D eigenvalue weighted by Gasteiger charge is 2.20. The Morgan fingerprint density at radius 2 is 1.02 bits per heavy atom. The monoisotopic (exact) mass is 576 g/mol. The van der Waals surface area contributed by atoms with Crippen molar-refractivity contribution in [3.63, 3.8) is 0 Å². The van der Waals surface area contributed by atoms with Gasteiger partial charge in [0.15, 0.2) is 0 Å². The Balaban J connectivity index is 1.45. The fourth-order valence-electron chi connectivity index (χ4n) is 6.80. The molecular weight excluding hydrogens is 544 g/mol. The molecule has 0 unspecified atom stereocenters. The molecule has 0 atom stereocenters. The van der Waals surface area contributed by atoms with E-state index >= 15 is 0 Å². The molecule has 2 nitrogen and oxygen atoms in total. The summed E-state index contributed by atoms with van der Waals surface area (Å²) in [5, 5.41) is 3.66. The molecular formula is C43H32N2. The van der Waals surface area contributed by atoms with Gasteiger partial charge in [-0.25, -0.2) is 0 Å². The molecule has 6 aromatic carbocycles. The molecule has 0 aliphatic heterocycles. The fraction of sp³-hybridized carbons (Fsp3) is 0.0233. The minimum Gasteiger partial charge on any atom is -0.309 e. The van der Waals surface area contributed by atoms with Crippen LogP contribution in [-0.4, -0.2) is 9.13 Å². The summed E-state index contributed by atoms with van der Waals surface area (Å²) in [6.45, 7) is 6.35. The van der Waals surface area contributed by atoms with Gasteiger partial charge in [0.1, 0.15) is 0 Å². The quantitative estimate of drug-likeness (QED) is 0.186. The SMILES string of the molecule is C=Cc1c(/C=C\C)n(-c2cccc(-c3ccccc3)c2)c2cc3c(cc12)c1ccccc1n3-c1cccc(-c2ccccc2)c1. The summed E-state index contributed by atoms with van der Waals surface area (Å²) in [7, 11) is 0. The molecule has 0 spiro atoms. The second kappa shape index (κ2) is 11.0. The lowest BCUT2D eigenvalue weighted by Crippen LogP contribution is -1.98. The summed E-state index contributed by atoms with van der Waals surface area (Å²) in [5.41, 5.74) is 12.8. The lowest BCUT2D eigenvalue weighted by molar-refractivity contribution is 1.10. The minimum atomic E-state index is 1.12. The van der Waals surface area contributed by atoms with Gasteiger partial charge in [0.05, 0.1) is 22.2 Å². The van der Waals surface area contributed by atoms with Crippen LogP contribution in [0.1, 0.15) is 18.2 Å². The zero-order valence-corrected chi connectivity index (χ0v) is 25.2. The summed E-state index contributed by atoms with van der Waals surface area (Å²) < 4.78 is 4.80. The van der Waals surface area contributed by atoms with Crippen LogP contribution in [0.15, 0.2) is 158 Å². The molecule has 0 saturated heterocycles. The van der Waals surface area contributed by atoms with Crippen LogP contribution < -0.4 is 0 Å². The van der Waals surface area contributed by atoms with Gasteiger partial charge in [-0.3, -0.25) is 0 Å². The third-order valence-corrected chi connectivity index (χ3v) is 8.79. The third-order valence-electron chi connectivity index (χ3n) is 8.79. The molecule has 2 aromatic heterocycles. The highest BCUT2D eigenvalue weighted by Crippen LogP contribution is 2.40. The van der Waals surface area contributed by atoms with Crippen molar-refractivity contribution in [1.82, 2.24) is 9.13 Å². The summed E-state index contributed by atoms with van der Waals surface area (Å²) in [6, 6.07) is 52.4. The topological polar surface area (TPSA) is 9.86 Å². The zero-order chi connectivity index (χ0) is 30.3. The van der Waals surface area contributed by atoms with Crippen LogP contribution in [0, 0.1) is 0 Å². The number of fused-ring (bicyclic) bond motifs is 4. The molecule has 0 fully saturated rings. The second-order valence-corrected chi connectivity index (χ2v) is 11.4. The summed E-state index contributed by atoms with van der Waals surface area (Å²) >= 11 is 0. The van der Waals surface area contributed by atoms with E-state index in [0.29, 0.717) is 0 Å². The maximum Gasteiger partial charge on any atom is 0.0562 e. The van der Waals surface area contributed by atoms with Gasteiger partial charge >= 0.3 is 0 Å². The summed E-state index contributed by atoms with van der Waals surface area (Å²) in [6.07, 6.45) is 6.32. The predicted molar refractivity (Wildman–Crippen MR) is 193 cm³/mol. The van der Waals surface area contributed by atoms with Gasteiger partial charge in [-0.1, -0.05) is 122 Å². The van der Waals surface area contributed by atoms with Crippen LogP contribution >= 0.6 is 0 Å². The lowest BCUT2D eigenvalue weighted by Gasteiger charge is -2.13. The van der Waals surface area contributed by atoms with E-state index in [1.165, 1.54) is 49.4 Å². The zero-order valence-electron chi connectivity index (χ0n) is 25.2. The largest absolute Gasteiger partial charge is 0.309 e. The van der Waals surface area contributed by atoms with Gasteiger partial charge in [-0.05, 0) is 77.7 Å². The summed E-state index contributed by atoms with van der Waals surface area (Å²) in [5.74, 6) is 0. The lowest BCUT2D eigenvalue weighted by atomic mass is 10.0. The number of allylic oxidation sites excluding steroid dienone is 1. The van der Waals surface area contributed by atoms with Crippen LogP contribution in [0.3, 0.4) is 0 Å². The smallest absolute Gasteiger partial charge is 0.0562 e. The first-order valence-electron chi connectivity index (χ1n) is 15.4. The Hall–Kier alpha value is -5.86. The minimum absolute atomic E-state index is 1.12. The number of rotatable bonds is 6. The molecule has 0 bridgehead atoms. The van der Waals surface area contributed by atoms with E-state index in [1.54, 1.807) is 0 Å². The Kier molecular flexibility index (Phi) is 6.54. The number of para-hydroxylation sites is 1. The Labute approximate surface area is 263 Å². The number of hydrogen-bond acceptors (Lipinski definition) is 0. The van der Waals surface area contributed by atoms with Crippen molar-refractivity contribution in [1.29, 1.82) is 0 Å². The normalized spacial score (nSPS) is 11.7. The van der Waals surface area contributed by atoms with Gasteiger partial charge in [0.2, 0.25) is 0 Å². The van der Waals surface area contributed by atoms with E-state index in [0.717, 1.165) is 28.1 Å². The molecule has 0 amide bonds. The van der Waals surface area contributed by atoms with Crippen molar-refractivity contribution in [2.45, 2.75) is 6.92 Å². The molecule has 0 aliphatic rings. The number of nitrogens with zero attached hydrogens (tertiary/aromatic N) is 2. The van der Waals surface area contributed by atoms with E-state index < -0.39 is 0 Å². The summed E-state index contributed by atoms with van der Waals surface area (Å²) in [4.78, 5) is 0. The average molecular weight is 577 g/mol. The molecule has 214 valence electrons. The van der Waals surface area contributed by atoms with E-state index in [9.17, 15) is 0 Å². The van der Waals surface area contributed by atoms with Crippen molar-refractivity contribution < 1.29 is 0 Å². The average Bonchev–Trinajstić information content (AvgIpc) is 3.59. The van der Waals surface area contributed by atoms with Crippen LogP contribution in [0.25, 0.3) is 78.5 Å². The first-order chi connectivity index (χ1) is 22.2. The van der Waals surface area contributed by atoms with Gasteiger partial charge in [0.25, 0.3) is 0 Å². The van der Waals surface area contributed by atoms with Crippen LogP contribution in [0.4, 0.5) is 0 Å². The molecule has 8 rings (SSSR count). The third kappa shape index (κ3) is 4.42. The van der Waals surface area contributed by atoms with Crippen molar-refractivity contribution >= 4 is 44.9 Å². The standard InChI is InChI=1S/C43H32N2/c1-3-15-40-36(4-2)38-28-39-37-24-11-12-25-41(37)45(35-23-14-21-33(27-35)31-18-9-6-10-19-31)43(39)29-42(38)44(40)34-22-13-20-32(26-34)30-16-7-5-8-17-30/h3-29H,2H2,1H3/b15-3-. The molecule has 8 aromatic rings. The van der Waals surface area contributed by atoms with Gasteiger partial charge in [-0.2, -0.15) is 0 Å². The van der Waals surface area contributed by atoms with Crippen LogP contribution in [0.2, 0.25) is 0 Å². The van der Waals surface area contributed by atoms with E-state index in [4.69, 9.17) is 0 Å². The number of aromatic nitrogens is 2. The maximum absolute atomic E-state index is 4.28. The number of benzene rings is 6. The highest BCUT2D eigenvalue weighted by atomic mass is 15.0. The van der Waals surface area contributed by atoms with E-state index in [2.05, 4.69) is 180 Å². The van der Waals surface area contributed by atoms with E-state index in [-0.39, 0.29) is 0 Å². The molecule has 2 heteroatoms. The van der Waals surface area contributed by atoms with Crippen LogP contribution in [-0.2, 0) is 0 Å².